The van der Waals surface area contributed by atoms with Crippen molar-refractivity contribution in [2.75, 3.05) is 19.6 Å². The fraction of sp³-hybridized carbons (Fsp3) is 0.412. The Hall–Kier alpha value is -2.34. The quantitative estimate of drug-likeness (QED) is 0.880. The minimum Gasteiger partial charge on any atom is -0.471 e. The molecule has 1 fully saturated rings. The number of aromatic nitrogens is 1. The van der Waals surface area contributed by atoms with Crippen molar-refractivity contribution in [3.05, 3.63) is 47.7 Å². The lowest BCUT2D eigenvalue weighted by molar-refractivity contribution is -0.119. The molecular weight excluding hydrogens is 294 g/mol. The van der Waals surface area contributed by atoms with Crippen LogP contribution in [-0.2, 0) is 11.4 Å². The van der Waals surface area contributed by atoms with Crippen molar-refractivity contribution in [1.82, 2.24) is 10.1 Å². The Morgan fingerprint density at radius 2 is 2.04 bits per heavy atom. The maximum atomic E-state index is 10.9. The summed E-state index contributed by atoms with van der Waals surface area (Å²) in [5, 5.41) is 3.99. The molecule has 122 valence electrons. The maximum Gasteiger partial charge on any atom is 0.254 e. The van der Waals surface area contributed by atoms with Crippen molar-refractivity contribution in [3.63, 3.8) is 0 Å². The Bertz CT molecular complexity index is 634. The SMILES string of the molecule is NC(=O)CN1CCC(c2cc(OCc3ccccc3)no2)CC1. The number of rotatable bonds is 6. The molecule has 0 aliphatic carbocycles. The van der Waals surface area contributed by atoms with Gasteiger partial charge in [0.25, 0.3) is 5.88 Å². The lowest BCUT2D eigenvalue weighted by atomic mass is 9.94. The molecule has 0 unspecified atom stereocenters. The third-order valence-electron chi connectivity index (χ3n) is 4.11. The summed E-state index contributed by atoms with van der Waals surface area (Å²) in [6.07, 6.45) is 1.86. The van der Waals surface area contributed by atoms with Gasteiger partial charge in [0.1, 0.15) is 12.4 Å². The predicted octanol–water partition coefficient (Wildman–Crippen LogP) is 1.92. The van der Waals surface area contributed by atoms with E-state index in [9.17, 15) is 4.79 Å². The monoisotopic (exact) mass is 315 g/mol. The van der Waals surface area contributed by atoms with Crippen LogP contribution in [0.25, 0.3) is 0 Å². The maximum absolute atomic E-state index is 10.9. The van der Waals surface area contributed by atoms with Crippen LogP contribution in [0.4, 0.5) is 0 Å². The molecule has 2 aromatic rings. The molecule has 1 aromatic carbocycles. The molecule has 0 spiro atoms. The first-order valence-electron chi connectivity index (χ1n) is 7.84. The van der Waals surface area contributed by atoms with E-state index < -0.39 is 0 Å². The highest BCUT2D eigenvalue weighted by atomic mass is 16.5. The molecule has 1 aliphatic heterocycles. The predicted molar refractivity (Wildman–Crippen MR) is 84.9 cm³/mol. The van der Waals surface area contributed by atoms with E-state index in [1.807, 2.05) is 36.4 Å². The second-order valence-electron chi connectivity index (χ2n) is 5.86. The van der Waals surface area contributed by atoms with Gasteiger partial charge in [-0.05, 0) is 36.7 Å². The lowest BCUT2D eigenvalue weighted by Gasteiger charge is -2.29. The van der Waals surface area contributed by atoms with Crippen LogP contribution < -0.4 is 10.5 Å². The molecule has 2 N–H and O–H groups in total. The molecular formula is C17H21N3O3. The van der Waals surface area contributed by atoms with E-state index in [2.05, 4.69) is 10.1 Å². The number of carbonyl (C=O) groups excluding carboxylic acids is 1. The van der Waals surface area contributed by atoms with Crippen LogP contribution in [0.15, 0.2) is 40.9 Å². The summed E-state index contributed by atoms with van der Waals surface area (Å²) in [6.45, 7) is 2.49. The van der Waals surface area contributed by atoms with E-state index in [1.54, 1.807) is 0 Å². The van der Waals surface area contributed by atoms with Gasteiger partial charge < -0.3 is 15.0 Å². The number of likely N-dealkylation sites (tertiary alicyclic amines) is 1. The van der Waals surface area contributed by atoms with Crippen molar-refractivity contribution in [1.29, 1.82) is 0 Å². The number of hydrogen-bond acceptors (Lipinski definition) is 5. The van der Waals surface area contributed by atoms with Gasteiger partial charge in [-0.15, -0.1) is 0 Å². The molecule has 0 atom stereocenters. The first kappa shape index (κ1) is 15.6. The summed E-state index contributed by atoms with van der Waals surface area (Å²) >= 11 is 0. The summed E-state index contributed by atoms with van der Waals surface area (Å²) in [5.41, 5.74) is 6.32. The number of benzene rings is 1. The Kier molecular flexibility index (Phi) is 4.92. The second-order valence-corrected chi connectivity index (χ2v) is 5.86. The molecule has 0 saturated carbocycles. The minimum absolute atomic E-state index is 0.278. The largest absolute Gasteiger partial charge is 0.471 e. The minimum atomic E-state index is -0.278. The standard InChI is InChI=1S/C17H21N3O3/c18-16(21)11-20-8-6-14(7-9-20)15-10-17(19-23-15)22-12-13-4-2-1-3-5-13/h1-5,10,14H,6-9,11-12H2,(H2,18,21). The van der Waals surface area contributed by atoms with Gasteiger partial charge in [0.05, 0.1) is 6.54 Å². The van der Waals surface area contributed by atoms with Crippen LogP contribution in [0, 0.1) is 0 Å². The van der Waals surface area contributed by atoms with E-state index in [-0.39, 0.29) is 5.91 Å². The molecule has 23 heavy (non-hydrogen) atoms. The van der Waals surface area contributed by atoms with Crippen molar-refractivity contribution in [2.45, 2.75) is 25.4 Å². The first-order chi connectivity index (χ1) is 11.2. The van der Waals surface area contributed by atoms with Gasteiger partial charge in [-0.25, -0.2) is 0 Å². The second kappa shape index (κ2) is 7.28. The molecule has 1 saturated heterocycles. The Labute approximate surface area is 135 Å². The molecule has 0 radical (unpaired) electrons. The van der Waals surface area contributed by atoms with Gasteiger partial charge in [0, 0.05) is 12.0 Å². The van der Waals surface area contributed by atoms with Crippen LogP contribution in [0.2, 0.25) is 0 Å². The van der Waals surface area contributed by atoms with Gasteiger partial charge in [-0.1, -0.05) is 30.3 Å². The fourth-order valence-electron chi connectivity index (χ4n) is 2.86. The zero-order chi connectivity index (χ0) is 16.1. The summed E-state index contributed by atoms with van der Waals surface area (Å²) in [4.78, 5) is 13.0. The molecule has 6 heteroatoms. The van der Waals surface area contributed by atoms with Crippen LogP contribution in [0.5, 0.6) is 5.88 Å². The highest BCUT2D eigenvalue weighted by Crippen LogP contribution is 2.30. The normalized spacial score (nSPS) is 16.3. The highest BCUT2D eigenvalue weighted by molar-refractivity contribution is 5.75. The van der Waals surface area contributed by atoms with E-state index >= 15 is 0 Å². The Morgan fingerprint density at radius 1 is 1.30 bits per heavy atom. The third kappa shape index (κ3) is 4.32. The number of amides is 1. The average Bonchev–Trinajstić information content (AvgIpc) is 3.03. The number of hydrogen-bond donors (Lipinski definition) is 1. The Balaban J connectivity index is 1.50. The van der Waals surface area contributed by atoms with Crippen LogP contribution >= 0.6 is 0 Å². The molecule has 1 amide bonds. The number of primary amides is 1. The molecule has 6 nitrogen and oxygen atoms in total. The summed E-state index contributed by atoms with van der Waals surface area (Å²) < 4.78 is 11.1. The average molecular weight is 315 g/mol. The number of ether oxygens (including phenoxy) is 1. The van der Waals surface area contributed by atoms with Crippen molar-refractivity contribution in [2.24, 2.45) is 5.73 Å². The number of nitrogens with zero attached hydrogens (tertiary/aromatic N) is 2. The molecule has 1 aliphatic rings. The Morgan fingerprint density at radius 3 is 2.74 bits per heavy atom. The van der Waals surface area contributed by atoms with Crippen molar-refractivity contribution < 1.29 is 14.1 Å². The van der Waals surface area contributed by atoms with Gasteiger partial charge >= 0.3 is 0 Å². The van der Waals surface area contributed by atoms with Crippen molar-refractivity contribution in [3.8, 4) is 5.88 Å². The molecule has 1 aromatic heterocycles. The third-order valence-corrected chi connectivity index (χ3v) is 4.11. The van der Waals surface area contributed by atoms with Gasteiger partial charge in [0.15, 0.2) is 0 Å². The molecule has 0 bridgehead atoms. The summed E-state index contributed by atoms with van der Waals surface area (Å²) in [5.74, 6) is 1.41. The summed E-state index contributed by atoms with van der Waals surface area (Å²) in [6, 6.07) is 11.8. The topological polar surface area (TPSA) is 81.6 Å². The number of nitrogens with two attached hydrogens (primary N) is 1. The lowest BCUT2D eigenvalue weighted by Crippen LogP contribution is -2.39. The van der Waals surface area contributed by atoms with Crippen LogP contribution in [-0.4, -0.2) is 35.6 Å². The molecule has 3 rings (SSSR count). The zero-order valence-corrected chi connectivity index (χ0v) is 13.0. The number of carbonyl (C=O) groups is 1. The zero-order valence-electron chi connectivity index (χ0n) is 13.0. The summed E-state index contributed by atoms with van der Waals surface area (Å²) in [7, 11) is 0. The van der Waals surface area contributed by atoms with Crippen LogP contribution in [0.3, 0.4) is 0 Å². The first-order valence-corrected chi connectivity index (χ1v) is 7.84. The van der Waals surface area contributed by atoms with Gasteiger partial charge in [0.2, 0.25) is 5.91 Å². The van der Waals surface area contributed by atoms with Crippen LogP contribution in [0.1, 0.15) is 30.1 Å². The number of piperidine rings is 1. The fourth-order valence-corrected chi connectivity index (χ4v) is 2.86. The van der Waals surface area contributed by atoms with E-state index in [0.29, 0.717) is 24.9 Å². The van der Waals surface area contributed by atoms with E-state index in [1.165, 1.54) is 0 Å². The highest BCUT2D eigenvalue weighted by Gasteiger charge is 2.24. The smallest absolute Gasteiger partial charge is 0.254 e. The van der Waals surface area contributed by atoms with Gasteiger partial charge in [-0.2, -0.15) is 0 Å². The molecule has 2 heterocycles. The van der Waals surface area contributed by atoms with E-state index in [4.69, 9.17) is 15.0 Å². The van der Waals surface area contributed by atoms with Crippen molar-refractivity contribution >= 4 is 5.91 Å². The van der Waals surface area contributed by atoms with Gasteiger partial charge in [-0.3, -0.25) is 9.69 Å². The van der Waals surface area contributed by atoms with E-state index in [0.717, 1.165) is 37.3 Å².